The van der Waals surface area contributed by atoms with E-state index in [1.165, 1.54) is 25.7 Å². The summed E-state index contributed by atoms with van der Waals surface area (Å²) in [4.78, 5) is 9.07. The maximum atomic E-state index is 6.04. The van der Waals surface area contributed by atoms with Gasteiger partial charge in [0, 0.05) is 11.4 Å². The molecule has 21 heavy (non-hydrogen) atoms. The van der Waals surface area contributed by atoms with Gasteiger partial charge in [-0.25, -0.2) is 9.97 Å². The number of nitrogens with two attached hydrogens (primary N) is 1. The largest absolute Gasteiger partial charge is 0.397 e. The lowest BCUT2D eigenvalue weighted by Crippen LogP contribution is -2.30. The van der Waals surface area contributed by atoms with Gasteiger partial charge < -0.3 is 11.1 Å². The maximum Gasteiger partial charge on any atom is 0.137 e. The van der Waals surface area contributed by atoms with Gasteiger partial charge in [-0.2, -0.15) is 0 Å². The van der Waals surface area contributed by atoms with Crippen LogP contribution in [0, 0.1) is 12.3 Å². The van der Waals surface area contributed by atoms with Crippen LogP contribution in [0.1, 0.15) is 45.4 Å². The fourth-order valence-corrected chi connectivity index (χ4v) is 3.13. The first-order valence-electron chi connectivity index (χ1n) is 7.74. The van der Waals surface area contributed by atoms with Gasteiger partial charge in [-0.3, -0.25) is 0 Å². The number of hydrogen-bond donors (Lipinski definition) is 2. The van der Waals surface area contributed by atoms with Crippen LogP contribution in [0.3, 0.4) is 0 Å². The van der Waals surface area contributed by atoms with Crippen molar-refractivity contribution in [3.63, 3.8) is 0 Å². The lowest BCUT2D eigenvalue weighted by Gasteiger charge is -2.35. The van der Waals surface area contributed by atoms with Crippen LogP contribution < -0.4 is 11.1 Å². The molecular formula is C17H24N4. The molecule has 0 radical (unpaired) electrons. The Bertz CT molecular complexity index is 653. The lowest BCUT2D eigenvalue weighted by molar-refractivity contribution is 0.232. The summed E-state index contributed by atoms with van der Waals surface area (Å²) in [6.07, 6.45) is 4.91. The summed E-state index contributed by atoms with van der Waals surface area (Å²) in [6.45, 7) is 6.63. The van der Waals surface area contributed by atoms with E-state index in [2.05, 4.69) is 29.1 Å². The molecule has 0 bridgehead atoms. The molecule has 0 amide bonds. The zero-order valence-corrected chi connectivity index (χ0v) is 13.1. The van der Waals surface area contributed by atoms with E-state index in [0.717, 1.165) is 22.5 Å². The van der Waals surface area contributed by atoms with Crippen molar-refractivity contribution in [2.75, 3.05) is 11.1 Å². The first-order valence-corrected chi connectivity index (χ1v) is 7.74. The van der Waals surface area contributed by atoms with Crippen molar-refractivity contribution < 1.29 is 0 Å². The Labute approximate surface area is 126 Å². The standard InChI is InChI=1S/C17H24N4/c1-11-19-15-13(5-4-6-14(15)18)16(20-11)21-12-7-9-17(2,3)10-8-12/h4-6,12H,7-10,18H2,1-3H3,(H,19,20,21). The molecule has 1 aliphatic carbocycles. The van der Waals surface area contributed by atoms with E-state index >= 15 is 0 Å². The number of hydrogen-bond acceptors (Lipinski definition) is 4. The highest BCUT2D eigenvalue weighted by atomic mass is 15.1. The Morgan fingerprint density at radius 3 is 2.62 bits per heavy atom. The summed E-state index contributed by atoms with van der Waals surface area (Å²) in [6, 6.07) is 6.39. The van der Waals surface area contributed by atoms with Crippen molar-refractivity contribution >= 4 is 22.4 Å². The Morgan fingerprint density at radius 1 is 1.19 bits per heavy atom. The summed E-state index contributed by atoms with van der Waals surface area (Å²) in [7, 11) is 0. The Balaban J connectivity index is 1.89. The number of aromatic nitrogens is 2. The van der Waals surface area contributed by atoms with Gasteiger partial charge in [-0.1, -0.05) is 19.9 Å². The minimum Gasteiger partial charge on any atom is -0.397 e. The molecule has 0 saturated heterocycles. The van der Waals surface area contributed by atoms with E-state index in [4.69, 9.17) is 5.73 Å². The van der Waals surface area contributed by atoms with Crippen LogP contribution in [0.5, 0.6) is 0 Å². The van der Waals surface area contributed by atoms with Crippen molar-refractivity contribution in [2.45, 2.75) is 52.5 Å². The molecule has 0 aliphatic heterocycles. The van der Waals surface area contributed by atoms with Crippen molar-refractivity contribution in [1.82, 2.24) is 9.97 Å². The van der Waals surface area contributed by atoms with Crippen LogP contribution in [0.4, 0.5) is 11.5 Å². The molecule has 4 nitrogen and oxygen atoms in total. The monoisotopic (exact) mass is 284 g/mol. The van der Waals surface area contributed by atoms with Crippen LogP contribution >= 0.6 is 0 Å². The minimum atomic E-state index is 0.478. The molecule has 3 N–H and O–H groups in total. The molecule has 112 valence electrons. The third kappa shape index (κ3) is 2.94. The van der Waals surface area contributed by atoms with Gasteiger partial charge in [-0.05, 0) is 50.2 Å². The second kappa shape index (κ2) is 5.17. The molecule has 3 rings (SSSR count). The normalized spacial score (nSPS) is 18.8. The van der Waals surface area contributed by atoms with Crippen molar-refractivity contribution in [2.24, 2.45) is 5.41 Å². The van der Waals surface area contributed by atoms with Crippen LogP contribution in [0.15, 0.2) is 18.2 Å². The van der Waals surface area contributed by atoms with Crippen molar-refractivity contribution in [1.29, 1.82) is 0 Å². The van der Waals surface area contributed by atoms with Crippen LogP contribution in [0.25, 0.3) is 10.9 Å². The third-order valence-electron chi connectivity index (χ3n) is 4.55. The van der Waals surface area contributed by atoms with E-state index in [1.807, 2.05) is 25.1 Å². The second-order valence-electron chi connectivity index (χ2n) is 6.95. The third-order valence-corrected chi connectivity index (χ3v) is 4.55. The minimum absolute atomic E-state index is 0.478. The molecule has 2 aromatic rings. The van der Waals surface area contributed by atoms with E-state index in [0.29, 0.717) is 17.1 Å². The summed E-state index contributed by atoms with van der Waals surface area (Å²) in [5.41, 5.74) is 8.09. The van der Waals surface area contributed by atoms with Gasteiger partial charge in [-0.15, -0.1) is 0 Å². The Hall–Kier alpha value is -1.84. The number of nitrogen functional groups attached to an aromatic ring is 1. The SMILES string of the molecule is Cc1nc(NC2CCC(C)(C)CC2)c2cccc(N)c2n1. The maximum absolute atomic E-state index is 6.04. The number of benzene rings is 1. The van der Waals surface area contributed by atoms with E-state index in [-0.39, 0.29) is 0 Å². The average molecular weight is 284 g/mol. The number of anilines is 2. The van der Waals surface area contributed by atoms with Crippen LogP contribution in [-0.2, 0) is 0 Å². The molecule has 1 aromatic carbocycles. The first-order chi connectivity index (χ1) is 9.94. The Morgan fingerprint density at radius 2 is 1.90 bits per heavy atom. The van der Waals surface area contributed by atoms with Crippen molar-refractivity contribution in [3.8, 4) is 0 Å². The summed E-state index contributed by atoms with van der Waals surface area (Å²) >= 11 is 0. The quantitative estimate of drug-likeness (QED) is 0.821. The number of nitrogens with zero attached hydrogens (tertiary/aromatic N) is 2. The number of aryl methyl sites for hydroxylation is 1. The van der Waals surface area contributed by atoms with E-state index in [1.54, 1.807) is 0 Å². The molecule has 0 spiro atoms. The number of rotatable bonds is 2. The van der Waals surface area contributed by atoms with E-state index < -0.39 is 0 Å². The first kappa shape index (κ1) is 14.1. The highest BCUT2D eigenvalue weighted by Gasteiger charge is 2.27. The fraction of sp³-hybridized carbons (Fsp3) is 0.529. The predicted octanol–water partition coefficient (Wildman–Crippen LogP) is 3.90. The van der Waals surface area contributed by atoms with Crippen LogP contribution in [-0.4, -0.2) is 16.0 Å². The fourth-order valence-electron chi connectivity index (χ4n) is 3.13. The zero-order valence-electron chi connectivity index (χ0n) is 13.1. The average Bonchev–Trinajstić information content (AvgIpc) is 2.42. The summed E-state index contributed by atoms with van der Waals surface area (Å²) in [5.74, 6) is 1.69. The predicted molar refractivity (Wildman–Crippen MR) is 88.3 cm³/mol. The molecule has 0 unspecified atom stereocenters. The van der Waals surface area contributed by atoms with Crippen molar-refractivity contribution in [3.05, 3.63) is 24.0 Å². The molecule has 1 fully saturated rings. The topological polar surface area (TPSA) is 63.8 Å². The molecule has 1 heterocycles. The highest BCUT2D eigenvalue weighted by Crippen LogP contribution is 2.36. The molecule has 1 aliphatic rings. The van der Waals surface area contributed by atoms with Gasteiger partial charge >= 0.3 is 0 Å². The second-order valence-corrected chi connectivity index (χ2v) is 6.95. The molecule has 0 atom stereocenters. The molecular weight excluding hydrogens is 260 g/mol. The van der Waals surface area contributed by atoms with Gasteiger partial charge in [0.15, 0.2) is 0 Å². The molecule has 1 saturated carbocycles. The van der Waals surface area contributed by atoms with E-state index in [9.17, 15) is 0 Å². The molecule has 4 heteroatoms. The van der Waals surface area contributed by atoms with Gasteiger partial charge in [0.05, 0.1) is 11.2 Å². The number of fused-ring (bicyclic) bond motifs is 1. The zero-order chi connectivity index (χ0) is 15.0. The number of nitrogens with one attached hydrogen (secondary N) is 1. The van der Waals surface area contributed by atoms with Crippen LogP contribution in [0.2, 0.25) is 0 Å². The summed E-state index contributed by atoms with van der Waals surface area (Å²) in [5, 5.41) is 4.64. The Kier molecular flexibility index (Phi) is 3.47. The lowest BCUT2D eigenvalue weighted by atomic mass is 9.75. The number of para-hydroxylation sites is 1. The molecule has 1 aromatic heterocycles. The smallest absolute Gasteiger partial charge is 0.137 e. The van der Waals surface area contributed by atoms with Gasteiger partial charge in [0.2, 0.25) is 0 Å². The van der Waals surface area contributed by atoms with Gasteiger partial charge in [0.25, 0.3) is 0 Å². The van der Waals surface area contributed by atoms with Gasteiger partial charge in [0.1, 0.15) is 11.6 Å². The summed E-state index contributed by atoms with van der Waals surface area (Å²) < 4.78 is 0. The highest BCUT2D eigenvalue weighted by molar-refractivity contribution is 5.96.